The Morgan fingerprint density at radius 3 is 2.92 bits per heavy atom. The Morgan fingerprint density at radius 2 is 2.23 bits per heavy atom. The molecule has 0 aliphatic heterocycles. The summed E-state index contributed by atoms with van der Waals surface area (Å²) in [5.74, 6) is 0.383. The summed E-state index contributed by atoms with van der Waals surface area (Å²) in [4.78, 5) is 17.4. The fourth-order valence-electron chi connectivity index (χ4n) is 0.931. The van der Waals surface area contributed by atoms with Crippen molar-refractivity contribution in [2.45, 2.75) is 0 Å². The molecule has 5 heteroatoms. The van der Waals surface area contributed by atoms with Crippen LogP contribution in [0.25, 0.3) is 11.5 Å². The van der Waals surface area contributed by atoms with E-state index in [1.165, 1.54) is 0 Å². The molecule has 2 aromatic heterocycles. The summed E-state index contributed by atoms with van der Waals surface area (Å²) in [6.07, 6.45) is 2.74. The van der Waals surface area contributed by atoms with Gasteiger partial charge in [0.2, 0.25) is 0 Å². The van der Waals surface area contributed by atoms with Crippen LogP contribution in [-0.4, -0.2) is 20.2 Å². The zero-order chi connectivity index (χ0) is 9.10. The van der Waals surface area contributed by atoms with E-state index < -0.39 is 0 Å². The van der Waals surface area contributed by atoms with Crippen LogP contribution >= 0.6 is 0 Å². The Balaban J connectivity index is 2.54. The third-order valence-electron chi connectivity index (χ3n) is 1.48. The van der Waals surface area contributed by atoms with Crippen molar-refractivity contribution in [3.63, 3.8) is 0 Å². The number of H-pyrrole nitrogens is 1. The van der Waals surface area contributed by atoms with E-state index in [4.69, 9.17) is 0 Å². The SMILES string of the molecule is O=c1cnnc(-c2ccccn2)[nH]1. The van der Waals surface area contributed by atoms with Crippen molar-refractivity contribution >= 4 is 0 Å². The molecule has 0 amide bonds. The van der Waals surface area contributed by atoms with Gasteiger partial charge in [-0.05, 0) is 12.1 Å². The number of nitrogens with one attached hydrogen (secondary N) is 1. The monoisotopic (exact) mass is 174 g/mol. The van der Waals surface area contributed by atoms with Gasteiger partial charge >= 0.3 is 0 Å². The molecule has 2 aromatic rings. The molecule has 1 N–H and O–H groups in total. The Labute approximate surface area is 73.5 Å². The molecule has 0 fully saturated rings. The molecule has 5 nitrogen and oxygen atoms in total. The molecular formula is C8H6N4O. The van der Waals surface area contributed by atoms with Gasteiger partial charge in [0.05, 0.1) is 0 Å². The number of pyridine rings is 1. The Hall–Kier alpha value is -2.04. The number of hydrogen-bond acceptors (Lipinski definition) is 4. The molecule has 0 aliphatic carbocycles. The van der Waals surface area contributed by atoms with Crippen molar-refractivity contribution in [3.05, 3.63) is 40.9 Å². The van der Waals surface area contributed by atoms with Crippen LogP contribution < -0.4 is 5.56 Å². The topological polar surface area (TPSA) is 71.5 Å². The van der Waals surface area contributed by atoms with Gasteiger partial charge in [0.1, 0.15) is 11.9 Å². The molecule has 64 valence electrons. The maximum Gasteiger partial charge on any atom is 0.269 e. The smallest absolute Gasteiger partial charge is 0.269 e. The predicted molar refractivity (Wildman–Crippen MR) is 45.9 cm³/mol. The molecule has 0 spiro atoms. The summed E-state index contributed by atoms with van der Waals surface area (Å²) < 4.78 is 0. The van der Waals surface area contributed by atoms with Crippen molar-refractivity contribution < 1.29 is 0 Å². The third-order valence-corrected chi connectivity index (χ3v) is 1.48. The van der Waals surface area contributed by atoms with Crippen molar-refractivity contribution in [3.8, 4) is 11.5 Å². The fourth-order valence-corrected chi connectivity index (χ4v) is 0.931. The van der Waals surface area contributed by atoms with E-state index in [0.29, 0.717) is 11.5 Å². The molecule has 0 aromatic carbocycles. The molecule has 0 aliphatic rings. The van der Waals surface area contributed by atoms with Crippen LogP contribution in [0.4, 0.5) is 0 Å². The molecular weight excluding hydrogens is 168 g/mol. The standard InChI is InChI=1S/C8H6N4O/c13-7-5-10-12-8(11-7)6-3-1-2-4-9-6/h1-5H,(H,11,12,13). The third kappa shape index (κ3) is 1.58. The molecule has 0 bridgehead atoms. The maximum absolute atomic E-state index is 10.9. The number of nitrogens with zero attached hydrogens (tertiary/aromatic N) is 3. The van der Waals surface area contributed by atoms with Crippen molar-refractivity contribution in [2.24, 2.45) is 0 Å². The molecule has 0 radical (unpaired) electrons. The van der Waals surface area contributed by atoms with E-state index in [1.54, 1.807) is 18.3 Å². The van der Waals surface area contributed by atoms with Gasteiger partial charge in [-0.2, -0.15) is 5.10 Å². The first kappa shape index (κ1) is 7.60. The summed E-state index contributed by atoms with van der Waals surface area (Å²) in [6.45, 7) is 0. The number of hydrogen-bond donors (Lipinski definition) is 1. The molecule has 0 atom stereocenters. The van der Waals surface area contributed by atoms with Gasteiger partial charge < -0.3 is 4.98 Å². The molecule has 0 unspecified atom stereocenters. The summed E-state index contributed by atoms with van der Waals surface area (Å²) in [7, 11) is 0. The summed E-state index contributed by atoms with van der Waals surface area (Å²) >= 11 is 0. The van der Waals surface area contributed by atoms with Gasteiger partial charge in [-0.25, -0.2) is 0 Å². The highest BCUT2D eigenvalue weighted by molar-refractivity contribution is 5.46. The second-order valence-corrected chi connectivity index (χ2v) is 2.40. The lowest BCUT2D eigenvalue weighted by molar-refractivity contribution is 0.946. The van der Waals surface area contributed by atoms with Crippen LogP contribution in [0.15, 0.2) is 35.4 Å². The zero-order valence-corrected chi connectivity index (χ0v) is 6.64. The molecule has 2 heterocycles. The van der Waals surface area contributed by atoms with E-state index >= 15 is 0 Å². The highest BCUT2D eigenvalue weighted by atomic mass is 16.1. The van der Waals surface area contributed by atoms with Crippen LogP contribution in [0.5, 0.6) is 0 Å². The second-order valence-electron chi connectivity index (χ2n) is 2.40. The maximum atomic E-state index is 10.9. The van der Waals surface area contributed by atoms with Gasteiger partial charge in [0.25, 0.3) is 5.56 Å². The van der Waals surface area contributed by atoms with Gasteiger partial charge in [-0.3, -0.25) is 9.78 Å². The van der Waals surface area contributed by atoms with Crippen molar-refractivity contribution in [1.82, 2.24) is 20.2 Å². The number of aromatic nitrogens is 4. The normalized spacial score (nSPS) is 9.85. The summed E-state index contributed by atoms with van der Waals surface area (Å²) in [6, 6.07) is 5.35. The van der Waals surface area contributed by atoms with Gasteiger partial charge in [-0.15, -0.1) is 5.10 Å². The second kappa shape index (κ2) is 3.14. The van der Waals surface area contributed by atoms with E-state index in [1.807, 2.05) is 6.07 Å². The highest BCUT2D eigenvalue weighted by Gasteiger charge is 1.99. The Morgan fingerprint density at radius 1 is 1.31 bits per heavy atom. The van der Waals surface area contributed by atoms with Crippen LogP contribution in [0.1, 0.15) is 0 Å². The van der Waals surface area contributed by atoms with Crippen LogP contribution in [0, 0.1) is 0 Å². The zero-order valence-electron chi connectivity index (χ0n) is 6.64. The van der Waals surface area contributed by atoms with Gasteiger partial charge in [0, 0.05) is 6.20 Å². The lowest BCUT2D eigenvalue weighted by Gasteiger charge is -1.95. The summed E-state index contributed by atoms with van der Waals surface area (Å²) in [5.41, 5.74) is 0.323. The largest absolute Gasteiger partial charge is 0.302 e. The minimum absolute atomic E-state index is 0.282. The van der Waals surface area contributed by atoms with Crippen LogP contribution in [-0.2, 0) is 0 Å². The molecule has 13 heavy (non-hydrogen) atoms. The van der Waals surface area contributed by atoms with Gasteiger partial charge in [0.15, 0.2) is 5.82 Å². The number of aromatic amines is 1. The first-order valence-electron chi connectivity index (χ1n) is 3.70. The van der Waals surface area contributed by atoms with E-state index in [2.05, 4.69) is 20.2 Å². The first-order chi connectivity index (χ1) is 6.36. The lowest BCUT2D eigenvalue weighted by atomic mass is 10.3. The first-order valence-corrected chi connectivity index (χ1v) is 3.70. The molecule has 0 saturated heterocycles. The minimum Gasteiger partial charge on any atom is -0.302 e. The highest BCUT2D eigenvalue weighted by Crippen LogP contribution is 2.05. The Kier molecular flexibility index (Phi) is 1.84. The quantitative estimate of drug-likeness (QED) is 0.671. The van der Waals surface area contributed by atoms with Crippen LogP contribution in [0.2, 0.25) is 0 Å². The molecule has 0 saturated carbocycles. The van der Waals surface area contributed by atoms with Crippen molar-refractivity contribution in [2.75, 3.05) is 0 Å². The molecule has 2 rings (SSSR count). The van der Waals surface area contributed by atoms with E-state index in [0.717, 1.165) is 6.20 Å². The average Bonchev–Trinajstić information content (AvgIpc) is 2.19. The number of rotatable bonds is 1. The van der Waals surface area contributed by atoms with Crippen molar-refractivity contribution in [1.29, 1.82) is 0 Å². The van der Waals surface area contributed by atoms with E-state index in [-0.39, 0.29) is 5.56 Å². The van der Waals surface area contributed by atoms with Gasteiger partial charge in [-0.1, -0.05) is 6.07 Å². The van der Waals surface area contributed by atoms with Crippen LogP contribution in [0.3, 0.4) is 0 Å². The van der Waals surface area contributed by atoms with E-state index in [9.17, 15) is 4.79 Å². The lowest BCUT2D eigenvalue weighted by Crippen LogP contribution is -2.08. The minimum atomic E-state index is -0.282. The summed E-state index contributed by atoms with van der Waals surface area (Å²) in [5, 5.41) is 7.27. The fraction of sp³-hybridized carbons (Fsp3) is 0. The average molecular weight is 174 g/mol. The predicted octanol–water partition coefficient (Wildman–Crippen LogP) is 0.227. The Bertz CT molecular complexity index is 451.